The standard InChI is InChI=1S/C15H19F3N2O/c1-9-5-10(2)8-20(7-9)14(21)12-6-11(15(16,17)18)3-4-13(12)19/h3-4,6,9-10H,5,7-8,19H2,1-2H3. The van der Waals surface area contributed by atoms with Crippen LogP contribution in [-0.4, -0.2) is 23.9 Å². The van der Waals surface area contributed by atoms with E-state index in [1.54, 1.807) is 4.90 Å². The van der Waals surface area contributed by atoms with Crippen LogP contribution < -0.4 is 5.73 Å². The molecule has 21 heavy (non-hydrogen) atoms. The lowest BCUT2D eigenvalue weighted by atomic mass is 9.91. The van der Waals surface area contributed by atoms with E-state index in [1.807, 2.05) is 13.8 Å². The fourth-order valence-electron chi connectivity index (χ4n) is 2.92. The fraction of sp³-hybridized carbons (Fsp3) is 0.533. The van der Waals surface area contributed by atoms with Crippen molar-refractivity contribution in [2.45, 2.75) is 26.4 Å². The summed E-state index contributed by atoms with van der Waals surface area (Å²) in [4.78, 5) is 14.1. The van der Waals surface area contributed by atoms with Crippen LogP contribution in [0.3, 0.4) is 0 Å². The second-order valence-corrected chi connectivity index (χ2v) is 5.96. The molecule has 116 valence electrons. The Hall–Kier alpha value is -1.72. The van der Waals surface area contributed by atoms with Crippen molar-refractivity contribution in [3.63, 3.8) is 0 Å². The monoisotopic (exact) mass is 300 g/mol. The number of alkyl halides is 3. The highest BCUT2D eigenvalue weighted by atomic mass is 19.4. The maximum Gasteiger partial charge on any atom is 0.416 e. The Bertz CT molecular complexity index is 532. The lowest BCUT2D eigenvalue weighted by Gasteiger charge is -2.35. The van der Waals surface area contributed by atoms with Gasteiger partial charge in [0.2, 0.25) is 0 Å². The van der Waals surface area contributed by atoms with Gasteiger partial charge in [0.1, 0.15) is 0 Å². The molecule has 1 aromatic rings. The zero-order chi connectivity index (χ0) is 15.8. The fourth-order valence-corrected chi connectivity index (χ4v) is 2.92. The molecule has 0 aromatic heterocycles. The molecule has 0 saturated carbocycles. The van der Waals surface area contributed by atoms with Gasteiger partial charge in [0.05, 0.1) is 11.1 Å². The quantitative estimate of drug-likeness (QED) is 0.808. The smallest absolute Gasteiger partial charge is 0.398 e. The summed E-state index contributed by atoms with van der Waals surface area (Å²) in [5, 5.41) is 0. The van der Waals surface area contributed by atoms with Gasteiger partial charge in [-0.25, -0.2) is 0 Å². The maximum atomic E-state index is 12.8. The van der Waals surface area contributed by atoms with E-state index in [0.29, 0.717) is 24.9 Å². The van der Waals surface area contributed by atoms with Crippen molar-refractivity contribution in [3.05, 3.63) is 29.3 Å². The Kier molecular flexibility index (Phi) is 4.16. The highest BCUT2D eigenvalue weighted by Crippen LogP contribution is 2.32. The number of benzene rings is 1. The van der Waals surface area contributed by atoms with Crippen molar-refractivity contribution in [2.24, 2.45) is 11.8 Å². The zero-order valence-corrected chi connectivity index (χ0v) is 12.1. The summed E-state index contributed by atoms with van der Waals surface area (Å²) in [5.41, 5.74) is 4.86. The topological polar surface area (TPSA) is 46.3 Å². The minimum atomic E-state index is -4.48. The SMILES string of the molecule is CC1CC(C)CN(C(=O)c2cc(C(F)(F)F)ccc2N)C1. The third-order valence-corrected chi connectivity index (χ3v) is 3.77. The number of nitrogens with two attached hydrogens (primary N) is 1. The van der Waals surface area contributed by atoms with Crippen molar-refractivity contribution in [3.8, 4) is 0 Å². The Balaban J connectivity index is 2.30. The van der Waals surface area contributed by atoms with Crippen LogP contribution in [0.5, 0.6) is 0 Å². The lowest BCUT2D eigenvalue weighted by molar-refractivity contribution is -0.137. The van der Waals surface area contributed by atoms with Crippen LogP contribution in [0.4, 0.5) is 18.9 Å². The molecule has 1 aliphatic heterocycles. The summed E-state index contributed by atoms with van der Waals surface area (Å²) < 4.78 is 38.3. The van der Waals surface area contributed by atoms with Gasteiger partial charge in [0.15, 0.2) is 0 Å². The van der Waals surface area contributed by atoms with Gasteiger partial charge in [0, 0.05) is 18.8 Å². The molecule has 1 saturated heterocycles. The molecule has 0 bridgehead atoms. The molecule has 0 aliphatic carbocycles. The molecule has 6 heteroatoms. The van der Waals surface area contributed by atoms with Crippen LogP contribution in [0.25, 0.3) is 0 Å². The van der Waals surface area contributed by atoms with E-state index in [2.05, 4.69) is 0 Å². The predicted molar refractivity (Wildman–Crippen MR) is 74.7 cm³/mol. The molecule has 2 unspecified atom stereocenters. The van der Waals surface area contributed by atoms with Gasteiger partial charge < -0.3 is 10.6 Å². The average molecular weight is 300 g/mol. The molecule has 1 amide bonds. The van der Waals surface area contributed by atoms with E-state index >= 15 is 0 Å². The molecule has 0 spiro atoms. The van der Waals surface area contributed by atoms with Gasteiger partial charge in [-0.05, 0) is 36.5 Å². The van der Waals surface area contributed by atoms with Crippen LogP contribution in [0.1, 0.15) is 36.2 Å². The first-order valence-corrected chi connectivity index (χ1v) is 6.94. The highest BCUT2D eigenvalue weighted by Gasteiger charge is 2.33. The summed E-state index contributed by atoms with van der Waals surface area (Å²) >= 11 is 0. The van der Waals surface area contributed by atoms with E-state index in [-0.39, 0.29) is 11.3 Å². The van der Waals surface area contributed by atoms with Crippen molar-refractivity contribution >= 4 is 11.6 Å². The number of rotatable bonds is 1. The molecule has 2 rings (SSSR count). The summed E-state index contributed by atoms with van der Waals surface area (Å²) in [6, 6.07) is 2.89. The van der Waals surface area contributed by atoms with Crippen LogP contribution >= 0.6 is 0 Å². The molecule has 2 atom stereocenters. The van der Waals surface area contributed by atoms with E-state index in [0.717, 1.165) is 24.6 Å². The van der Waals surface area contributed by atoms with Crippen molar-refractivity contribution in [1.82, 2.24) is 4.90 Å². The molecule has 1 aliphatic rings. The number of hydrogen-bond donors (Lipinski definition) is 1. The first kappa shape index (κ1) is 15.7. The third kappa shape index (κ3) is 3.49. The minimum Gasteiger partial charge on any atom is -0.398 e. The molecule has 0 radical (unpaired) electrons. The number of nitrogen functional groups attached to an aromatic ring is 1. The minimum absolute atomic E-state index is 0.0638. The van der Waals surface area contributed by atoms with Crippen molar-refractivity contribution in [1.29, 1.82) is 0 Å². The highest BCUT2D eigenvalue weighted by molar-refractivity contribution is 5.99. The van der Waals surface area contributed by atoms with Gasteiger partial charge in [-0.1, -0.05) is 13.8 Å². The van der Waals surface area contributed by atoms with Crippen LogP contribution in [0, 0.1) is 11.8 Å². The third-order valence-electron chi connectivity index (χ3n) is 3.77. The summed E-state index contributed by atoms with van der Waals surface area (Å²) in [7, 11) is 0. The Morgan fingerprint density at radius 3 is 2.33 bits per heavy atom. The van der Waals surface area contributed by atoms with Crippen LogP contribution in [0.15, 0.2) is 18.2 Å². The largest absolute Gasteiger partial charge is 0.416 e. The number of nitrogens with zero attached hydrogens (tertiary/aromatic N) is 1. The first-order chi connectivity index (χ1) is 9.68. The second-order valence-electron chi connectivity index (χ2n) is 5.96. The maximum absolute atomic E-state index is 12.8. The summed E-state index contributed by atoms with van der Waals surface area (Å²) in [6.45, 7) is 5.18. The second kappa shape index (κ2) is 5.58. The van der Waals surface area contributed by atoms with Gasteiger partial charge in [0.25, 0.3) is 5.91 Å². The Morgan fingerprint density at radius 2 is 1.81 bits per heavy atom. The van der Waals surface area contributed by atoms with E-state index < -0.39 is 17.6 Å². The average Bonchev–Trinajstić information content (AvgIpc) is 2.36. The van der Waals surface area contributed by atoms with Gasteiger partial charge in [-0.2, -0.15) is 13.2 Å². The zero-order valence-electron chi connectivity index (χ0n) is 12.1. The number of halogens is 3. The van der Waals surface area contributed by atoms with E-state index in [1.165, 1.54) is 0 Å². The molecule has 1 aromatic carbocycles. The summed E-state index contributed by atoms with van der Waals surface area (Å²) in [6.07, 6.45) is -3.47. The number of carbonyl (C=O) groups excluding carboxylic acids is 1. The number of hydrogen-bond acceptors (Lipinski definition) is 2. The molecular formula is C15H19F3N2O. The van der Waals surface area contributed by atoms with E-state index in [9.17, 15) is 18.0 Å². The number of carbonyl (C=O) groups is 1. The van der Waals surface area contributed by atoms with Crippen LogP contribution in [0.2, 0.25) is 0 Å². The summed E-state index contributed by atoms with van der Waals surface area (Å²) in [5.74, 6) is 0.256. The van der Waals surface area contributed by atoms with Gasteiger partial charge in [-0.3, -0.25) is 4.79 Å². The van der Waals surface area contributed by atoms with Gasteiger partial charge in [-0.15, -0.1) is 0 Å². The number of anilines is 1. The Labute approximate surface area is 121 Å². The Morgan fingerprint density at radius 1 is 1.24 bits per heavy atom. The lowest BCUT2D eigenvalue weighted by Crippen LogP contribution is -2.42. The molecule has 3 nitrogen and oxygen atoms in total. The number of amides is 1. The molecule has 1 heterocycles. The molecule has 2 N–H and O–H groups in total. The number of piperidine rings is 1. The predicted octanol–water partition coefficient (Wildman–Crippen LogP) is 3.41. The molecule has 1 fully saturated rings. The number of likely N-dealkylation sites (tertiary alicyclic amines) is 1. The van der Waals surface area contributed by atoms with E-state index in [4.69, 9.17) is 5.73 Å². The van der Waals surface area contributed by atoms with Crippen molar-refractivity contribution in [2.75, 3.05) is 18.8 Å². The molecular weight excluding hydrogens is 281 g/mol. The van der Waals surface area contributed by atoms with Crippen molar-refractivity contribution < 1.29 is 18.0 Å². The van der Waals surface area contributed by atoms with Crippen LogP contribution in [-0.2, 0) is 6.18 Å². The normalized spacial score (nSPS) is 23.2. The van der Waals surface area contributed by atoms with Gasteiger partial charge >= 0.3 is 6.18 Å². The first-order valence-electron chi connectivity index (χ1n) is 6.94.